The summed E-state index contributed by atoms with van der Waals surface area (Å²) in [5.41, 5.74) is 2.05. The van der Waals surface area contributed by atoms with E-state index in [1.807, 2.05) is 30.3 Å². The van der Waals surface area contributed by atoms with Crippen LogP contribution in [0.4, 0.5) is 5.69 Å². The lowest BCUT2D eigenvalue weighted by Crippen LogP contribution is -2.41. The zero-order chi connectivity index (χ0) is 24.8. The highest BCUT2D eigenvalue weighted by atomic mass is 32.2. The number of ether oxygens (including phenoxy) is 1. The van der Waals surface area contributed by atoms with E-state index in [1.165, 1.54) is 10.4 Å². The highest BCUT2D eigenvalue weighted by Gasteiger charge is 2.29. The second-order valence-corrected chi connectivity index (χ2v) is 10.7. The highest BCUT2D eigenvalue weighted by molar-refractivity contribution is 7.89. The average molecular weight is 498 g/mol. The van der Waals surface area contributed by atoms with Crippen LogP contribution < -0.4 is 5.32 Å². The zero-order valence-electron chi connectivity index (χ0n) is 19.9. The summed E-state index contributed by atoms with van der Waals surface area (Å²) in [4.78, 5) is 27.3. The molecule has 0 bridgehead atoms. The predicted octanol–water partition coefficient (Wildman–Crippen LogP) is 2.91. The Morgan fingerprint density at radius 2 is 1.69 bits per heavy atom. The number of rotatable bonds is 6. The second kappa shape index (κ2) is 11.2. The summed E-state index contributed by atoms with van der Waals surface area (Å²) in [5, 5.41) is 2.88. The van der Waals surface area contributed by atoms with Gasteiger partial charge in [0.25, 0.3) is 0 Å². The fraction of sp³-hybridized carbons (Fsp3) is 0.385. The van der Waals surface area contributed by atoms with E-state index in [2.05, 4.69) is 5.32 Å². The van der Waals surface area contributed by atoms with Crippen molar-refractivity contribution in [3.8, 4) is 0 Å². The molecule has 2 amide bonds. The number of piperidine rings is 1. The van der Waals surface area contributed by atoms with Gasteiger partial charge in [0.2, 0.25) is 21.8 Å². The molecule has 0 aromatic heterocycles. The average Bonchev–Trinajstić information content (AvgIpc) is 2.89. The first-order chi connectivity index (χ1) is 16.8. The number of hydrogen-bond donors (Lipinski definition) is 1. The van der Waals surface area contributed by atoms with E-state index in [4.69, 9.17) is 4.74 Å². The number of benzene rings is 2. The first kappa shape index (κ1) is 25.1. The smallest absolute Gasteiger partial charge is 0.246 e. The maximum atomic E-state index is 13.1. The Morgan fingerprint density at radius 3 is 2.37 bits per heavy atom. The fourth-order valence-corrected chi connectivity index (χ4v) is 5.98. The van der Waals surface area contributed by atoms with E-state index in [-0.39, 0.29) is 22.6 Å². The van der Waals surface area contributed by atoms with Crippen LogP contribution in [0.1, 0.15) is 24.0 Å². The van der Waals surface area contributed by atoms with E-state index in [0.717, 1.165) is 5.56 Å². The second-order valence-electron chi connectivity index (χ2n) is 8.83. The van der Waals surface area contributed by atoms with Crippen LogP contribution in [0.2, 0.25) is 0 Å². The minimum absolute atomic E-state index is 0.0655. The molecule has 0 saturated carbocycles. The Labute approximate surface area is 206 Å². The number of morpholine rings is 1. The monoisotopic (exact) mass is 497 g/mol. The summed E-state index contributed by atoms with van der Waals surface area (Å²) in [6, 6.07) is 14.6. The first-order valence-corrected chi connectivity index (χ1v) is 13.3. The van der Waals surface area contributed by atoms with Crippen LogP contribution >= 0.6 is 0 Å². The number of nitrogens with zero attached hydrogens (tertiary/aromatic N) is 2. The van der Waals surface area contributed by atoms with Gasteiger partial charge in [-0.2, -0.15) is 4.31 Å². The third-order valence-electron chi connectivity index (χ3n) is 6.44. The molecule has 2 aliphatic rings. The molecule has 1 N–H and O–H groups in total. The van der Waals surface area contributed by atoms with Crippen molar-refractivity contribution in [2.24, 2.45) is 5.92 Å². The zero-order valence-corrected chi connectivity index (χ0v) is 20.7. The van der Waals surface area contributed by atoms with Crippen LogP contribution in [0, 0.1) is 12.8 Å². The molecule has 2 aliphatic heterocycles. The molecule has 8 nitrogen and oxygen atoms in total. The van der Waals surface area contributed by atoms with Crippen LogP contribution in [-0.2, 0) is 24.3 Å². The Hall–Kier alpha value is -3.01. The SMILES string of the molecule is Cc1ccc(NC(=O)C2CCN(C(=O)/C=C/c3ccccc3)CC2)cc1S(=O)(=O)N1CCOCC1. The molecule has 2 heterocycles. The molecule has 0 atom stereocenters. The lowest BCUT2D eigenvalue weighted by atomic mass is 9.95. The van der Waals surface area contributed by atoms with Crippen molar-refractivity contribution < 1.29 is 22.7 Å². The lowest BCUT2D eigenvalue weighted by molar-refractivity contribution is -0.130. The Bertz CT molecular complexity index is 1180. The van der Waals surface area contributed by atoms with Crippen LogP contribution in [0.15, 0.2) is 59.5 Å². The number of nitrogens with one attached hydrogen (secondary N) is 1. The van der Waals surface area contributed by atoms with Crippen molar-refractivity contribution in [3.05, 3.63) is 65.7 Å². The lowest BCUT2D eigenvalue weighted by Gasteiger charge is -2.30. The summed E-state index contributed by atoms with van der Waals surface area (Å²) in [5.74, 6) is -0.461. The molecule has 2 aromatic carbocycles. The third-order valence-corrected chi connectivity index (χ3v) is 8.48. The van der Waals surface area contributed by atoms with Gasteiger partial charge in [0, 0.05) is 43.9 Å². The summed E-state index contributed by atoms with van der Waals surface area (Å²) in [7, 11) is -3.67. The third kappa shape index (κ3) is 6.17. The van der Waals surface area contributed by atoms with Crippen molar-refractivity contribution in [3.63, 3.8) is 0 Å². The molecule has 2 aromatic rings. The predicted molar refractivity (Wildman–Crippen MR) is 134 cm³/mol. The van der Waals surface area contributed by atoms with Crippen molar-refractivity contribution in [1.29, 1.82) is 0 Å². The molecule has 35 heavy (non-hydrogen) atoms. The quantitative estimate of drug-likeness (QED) is 0.619. The molecule has 4 rings (SSSR count). The minimum atomic E-state index is -3.67. The van der Waals surface area contributed by atoms with Crippen molar-refractivity contribution >= 4 is 33.6 Å². The Balaban J connectivity index is 1.34. The van der Waals surface area contributed by atoms with Gasteiger partial charge >= 0.3 is 0 Å². The van der Waals surface area contributed by atoms with Gasteiger partial charge < -0.3 is 15.0 Å². The largest absolute Gasteiger partial charge is 0.379 e. The maximum absolute atomic E-state index is 13.1. The Kier molecular flexibility index (Phi) is 8.00. The summed E-state index contributed by atoms with van der Waals surface area (Å²) in [6.07, 6.45) is 4.47. The topological polar surface area (TPSA) is 96.0 Å². The number of hydrogen-bond acceptors (Lipinski definition) is 5. The molecular formula is C26H31N3O5S. The number of likely N-dealkylation sites (tertiary alicyclic amines) is 1. The van der Waals surface area contributed by atoms with E-state index in [1.54, 1.807) is 36.1 Å². The minimum Gasteiger partial charge on any atom is -0.379 e. The van der Waals surface area contributed by atoms with Crippen LogP contribution in [0.25, 0.3) is 6.08 Å². The maximum Gasteiger partial charge on any atom is 0.246 e. The highest BCUT2D eigenvalue weighted by Crippen LogP contribution is 2.26. The molecule has 0 aliphatic carbocycles. The number of sulfonamides is 1. The van der Waals surface area contributed by atoms with Gasteiger partial charge in [-0.25, -0.2) is 8.42 Å². The molecule has 2 saturated heterocycles. The van der Waals surface area contributed by atoms with Gasteiger partial charge in [0.15, 0.2) is 0 Å². The van der Waals surface area contributed by atoms with E-state index >= 15 is 0 Å². The van der Waals surface area contributed by atoms with E-state index in [9.17, 15) is 18.0 Å². The summed E-state index contributed by atoms with van der Waals surface area (Å²) < 4.78 is 32.9. The van der Waals surface area contributed by atoms with Gasteiger partial charge in [0.1, 0.15) is 0 Å². The Morgan fingerprint density at radius 1 is 1.00 bits per heavy atom. The fourth-order valence-electron chi connectivity index (χ4n) is 4.33. The van der Waals surface area contributed by atoms with Crippen molar-refractivity contribution in [2.75, 3.05) is 44.7 Å². The van der Waals surface area contributed by atoms with Crippen molar-refractivity contribution in [2.45, 2.75) is 24.7 Å². The van der Waals surface area contributed by atoms with Gasteiger partial charge in [-0.05, 0) is 49.1 Å². The van der Waals surface area contributed by atoms with Gasteiger partial charge in [-0.3, -0.25) is 9.59 Å². The molecule has 0 spiro atoms. The number of amides is 2. The number of carbonyl (C=O) groups excluding carboxylic acids is 2. The van der Waals surface area contributed by atoms with Crippen LogP contribution in [-0.4, -0.2) is 68.8 Å². The van der Waals surface area contributed by atoms with Gasteiger partial charge in [0.05, 0.1) is 18.1 Å². The molecule has 2 fully saturated rings. The molecule has 0 unspecified atom stereocenters. The molecule has 9 heteroatoms. The molecular weight excluding hydrogens is 466 g/mol. The number of anilines is 1. The van der Waals surface area contributed by atoms with E-state index in [0.29, 0.717) is 63.5 Å². The molecule has 0 radical (unpaired) electrons. The first-order valence-electron chi connectivity index (χ1n) is 11.9. The normalized spacial score (nSPS) is 18.0. The van der Waals surface area contributed by atoms with Crippen LogP contribution in [0.3, 0.4) is 0 Å². The van der Waals surface area contributed by atoms with E-state index < -0.39 is 10.0 Å². The molecule has 186 valence electrons. The van der Waals surface area contributed by atoms with Gasteiger partial charge in [-0.1, -0.05) is 36.4 Å². The standard InChI is InChI=1S/C26H31N3O5S/c1-20-7-9-23(19-24(20)35(32,33)29-15-17-34-18-16-29)27-26(31)22-11-13-28(14-12-22)25(30)10-8-21-5-3-2-4-6-21/h2-10,19,22H,11-18H2,1H3,(H,27,31)/b10-8+. The van der Waals surface area contributed by atoms with Gasteiger partial charge in [-0.15, -0.1) is 0 Å². The number of aryl methyl sites for hydroxylation is 1. The van der Waals surface area contributed by atoms with Crippen LogP contribution in [0.5, 0.6) is 0 Å². The van der Waals surface area contributed by atoms with Crippen molar-refractivity contribution in [1.82, 2.24) is 9.21 Å². The summed E-state index contributed by atoms with van der Waals surface area (Å²) >= 11 is 0. The summed E-state index contributed by atoms with van der Waals surface area (Å²) in [6.45, 7) is 4.13. The number of carbonyl (C=O) groups is 2.